The van der Waals surface area contributed by atoms with Gasteiger partial charge in [-0.05, 0) is 67.8 Å². The molecule has 0 radical (unpaired) electrons. The average molecular weight is 435 g/mol. The Balaban J connectivity index is 1.71. The van der Waals surface area contributed by atoms with Gasteiger partial charge in [0.2, 0.25) is 0 Å². The summed E-state index contributed by atoms with van der Waals surface area (Å²) >= 11 is 1.64. The Morgan fingerprint density at radius 2 is 1.93 bits per heavy atom. The maximum atomic E-state index is 13.5. The summed E-state index contributed by atoms with van der Waals surface area (Å²) < 4.78 is 50.8. The third kappa shape index (κ3) is 8.82. The minimum atomic E-state index is -4.12. The zero-order chi connectivity index (χ0) is 21.3. The van der Waals surface area contributed by atoms with Crippen LogP contribution in [0.2, 0.25) is 0 Å². The summed E-state index contributed by atoms with van der Waals surface area (Å²) in [6, 6.07) is 4.81. The van der Waals surface area contributed by atoms with Gasteiger partial charge in [-0.1, -0.05) is 6.07 Å². The van der Waals surface area contributed by atoms with Gasteiger partial charge in [-0.25, -0.2) is 4.39 Å². The molecule has 1 heterocycles. The predicted molar refractivity (Wildman–Crippen MR) is 112 cm³/mol. The van der Waals surface area contributed by atoms with Gasteiger partial charge in [-0.2, -0.15) is 24.9 Å². The van der Waals surface area contributed by atoms with Crippen LogP contribution < -0.4 is 10.6 Å². The van der Waals surface area contributed by atoms with Crippen LogP contribution in [0.1, 0.15) is 30.4 Å². The number of hydrogen-bond donors (Lipinski definition) is 2. The van der Waals surface area contributed by atoms with E-state index >= 15 is 0 Å². The fourth-order valence-corrected chi connectivity index (χ4v) is 4.12. The van der Waals surface area contributed by atoms with E-state index in [1.165, 1.54) is 11.0 Å². The van der Waals surface area contributed by atoms with Gasteiger partial charge in [-0.3, -0.25) is 9.89 Å². The number of thioether (sulfide) groups is 1. The standard InChI is InChI=1S/C20H30F4N4S/c1-25-19(27-12-16-3-4-18(21)11-17(16)13-29-2)26-8-5-15-6-9-28(10-7-15)14-20(22,23)24/h3-4,11,15H,5-10,12-14H2,1-2H3,(H2,25,26,27). The van der Waals surface area contributed by atoms with Crippen molar-refractivity contribution in [3.05, 3.63) is 35.1 Å². The smallest absolute Gasteiger partial charge is 0.356 e. The normalized spacial score (nSPS) is 16.8. The quantitative estimate of drug-likeness (QED) is 0.368. The number of nitrogens with one attached hydrogen (secondary N) is 2. The second-order valence-corrected chi connectivity index (χ2v) is 8.19. The Bertz CT molecular complexity index is 658. The summed E-state index contributed by atoms with van der Waals surface area (Å²) in [5.74, 6) is 1.60. The van der Waals surface area contributed by atoms with Gasteiger partial charge in [0.05, 0.1) is 6.54 Å². The predicted octanol–water partition coefficient (Wildman–Crippen LogP) is 4.02. The maximum absolute atomic E-state index is 13.5. The molecule has 1 aromatic carbocycles. The van der Waals surface area contributed by atoms with Crippen molar-refractivity contribution in [3.63, 3.8) is 0 Å². The molecule has 0 aromatic heterocycles. The van der Waals surface area contributed by atoms with Crippen LogP contribution in [0.25, 0.3) is 0 Å². The number of halogens is 4. The average Bonchev–Trinajstić information content (AvgIpc) is 2.66. The monoisotopic (exact) mass is 434 g/mol. The Morgan fingerprint density at radius 1 is 1.21 bits per heavy atom. The number of guanidine groups is 1. The van der Waals surface area contributed by atoms with E-state index in [0.29, 0.717) is 38.1 Å². The van der Waals surface area contributed by atoms with E-state index in [1.807, 2.05) is 6.26 Å². The minimum Gasteiger partial charge on any atom is -0.356 e. The van der Waals surface area contributed by atoms with Gasteiger partial charge in [0.25, 0.3) is 0 Å². The van der Waals surface area contributed by atoms with Crippen molar-refractivity contribution in [1.82, 2.24) is 15.5 Å². The Hall–Kier alpha value is -1.48. The van der Waals surface area contributed by atoms with Crippen LogP contribution in [0.15, 0.2) is 23.2 Å². The van der Waals surface area contributed by atoms with E-state index in [0.717, 1.165) is 36.1 Å². The van der Waals surface area contributed by atoms with Gasteiger partial charge >= 0.3 is 6.18 Å². The zero-order valence-corrected chi connectivity index (χ0v) is 17.8. The first kappa shape index (κ1) is 23.8. The minimum absolute atomic E-state index is 0.235. The van der Waals surface area contributed by atoms with Crippen molar-refractivity contribution in [2.45, 2.75) is 37.7 Å². The Morgan fingerprint density at radius 3 is 2.55 bits per heavy atom. The number of nitrogens with zero attached hydrogens (tertiary/aromatic N) is 2. The lowest BCUT2D eigenvalue weighted by molar-refractivity contribution is -0.148. The summed E-state index contributed by atoms with van der Waals surface area (Å²) in [5.41, 5.74) is 1.99. The molecule has 0 spiro atoms. The highest BCUT2D eigenvalue weighted by Crippen LogP contribution is 2.24. The first-order chi connectivity index (χ1) is 13.8. The van der Waals surface area contributed by atoms with E-state index < -0.39 is 12.7 Å². The third-order valence-electron chi connectivity index (χ3n) is 5.09. The lowest BCUT2D eigenvalue weighted by Gasteiger charge is -2.32. The summed E-state index contributed by atoms with van der Waals surface area (Å²) in [7, 11) is 1.69. The molecule has 2 N–H and O–H groups in total. The Kier molecular flexibility index (Phi) is 9.55. The molecule has 29 heavy (non-hydrogen) atoms. The lowest BCUT2D eigenvalue weighted by atomic mass is 9.93. The number of hydrogen-bond acceptors (Lipinski definition) is 3. The molecule has 1 fully saturated rings. The van der Waals surface area contributed by atoms with Crippen LogP contribution in [-0.2, 0) is 12.3 Å². The van der Waals surface area contributed by atoms with Crippen LogP contribution >= 0.6 is 11.8 Å². The van der Waals surface area contributed by atoms with E-state index in [2.05, 4.69) is 15.6 Å². The molecule has 0 amide bonds. The Labute approximate surface area is 174 Å². The molecule has 1 saturated heterocycles. The molecule has 0 aliphatic carbocycles. The molecule has 9 heteroatoms. The van der Waals surface area contributed by atoms with E-state index in [1.54, 1.807) is 30.9 Å². The number of benzene rings is 1. The van der Waals surface area contributed by atoms with E-state index in [4.69, 9.17) is 0 Å². The topological polar surface area (TPSA) is 39.7 Å². The summed E-state index contributed by atoms with van der Waals surface area (Å²) in [6.07, 6.45) is 0.340. The van der Waals surface area contributed by atoms with Crippen LogP contribution in [0.3, 0.4) is 0 Å². The van der Waals surface area contributed by atoms with Crippen molar-refractivity contribution < 1.29 is 17.6 Å². The summed E-state index contributed by atoms with van der Waals surface area (Å²) in [4.78, 5) is 5.70. The lowest BCUT2D eigenvalue weighted by Crippen LogP contribution is -2.41. The number of rotatable bonds is 8. The van der Waals surface area contributed by atoms with Crippen LogP contribution in [0.4, 0.5) is 17.6 Å². The first-order valence-corrected chi connectivity index (χ1v) is 11.2. The SMILES string of the molecule is CN=C(NCCC1CCN(CC(F)(F)F)CC1)NCc1ccc(F)cc1CSC. The van der Waals surface area contributed by atoms with Crippen molar-refractivity contribution in [2.24, 2.45) is 10.9 Å². The zero-order valence-electron chi connectivity index (χ0n) is 17.0. The van der Waals surface area contributed by atoms with Crippen molar-refractivity contribution in [2.75, 3.05) is 39.5 Å². The molecule has 4 nitrogen and oxygen atoms in total. The molecule has 164 valence electrons. The van der Waals surface area contributed by atoms with Gasteiger partial charge in [0.1, 0.15) is 5.82 Å². The molecular formula is C20H30F4N4S. The highest BCUT2D eigenvalue weighted by molar-refractivity contribution is 7.97. The highest BCUT2D eigenvalue weighted by atomic mass is 32.2. The fraction of sp³-hybridized carbons (Fsp3) is 0.650. The molecule has 1 aliphatic rings. The largest absolute Gasteiger partial charge is 0.401 e. The molecule has 2 rings (SSSR count). The molecule has 1 aromatic rings. The molecule has 0 bridgehead atoms. The van der Waals surface area contributed by atoms with Gasteiger partial charge in [-0.15, -0.1) is 0 Å². The van der Waals surface area contributed by atoms with Crippen LogP contribution in [0, 0.1) is 11.7 Å². The van der Waals surface area contributed by atoms with Crippen molar-refractivity contribution in [1.29, 1.82) is 0 Å². The molecular weight excluding hydrogens is 404 g/mol. The molecule has 0 saturated carbocycles. The van der Waals surface area contributed by atoms with Gasteiger partial charge in [0.15, 0.2) is 5.96 Å². The number of alkyl halides is 3. The van der Waals surface area contributed by atoms with E-state index in [9.17, 15) is 17.6 Å². The second kappa shape index (κ2) is 11.6. The number of likely N-dealkylation sites (tertiary alicyclic amines) is 1. The molecule has 0 unspecified atom stereocenters. The van der Waals surface area contributed by atoms with Crippen molar-refractivity contribution >= 4 is 17.7 Å². The van der Waals surface area contributed by atoms with E-state index in [-0.39, 0.29) is 5.82 Å². The second-order valence-electron chi connectivity index (χ2n) is 7.32. The third-order valence-corrected chi connectivity index (χ3v) is 5.69. The fourth-order valence-electron chi connectivity index (χ4n) is 3.54. The van der Waals surface area contributed by atoms with Crippen LogP contribution in [0.5, 0.6) is 0 Å². The van der Waals surface area contributed by atoms with Crippen LogP contribution in [-0.4, -0.2) is 56.5 Å². The number of aliphatic imine (C=N–C) groups is 1. The summed E-state index contributed by atoms with van der Waals surface area (Å²) in [6.45, 7) is 1.45. The highest BCUT2D eigenvalue weighted by Gasteiger charge is 2.32. The maximum Gasteiger partial charge on any atom is 0.401 e. The summed E-state index contributed by atoms with van der Waals surface area (Å²) in [5, 5.41) is 6.51. The number of piperidine rings is 1. The molecule has 0 atom stereocenters. The first-order valence-electron chi connectivity index (χ1n) is 9.80. The van der Waals surface area contributed by atoms with Gasteiger partial charge < -0.3 is 10.6 Å². The van der Waals surface area contributed by atoms with Crippen molar-refractivity contribution in [3.8, 4) is 0 Å². The van der Waals surface area contributed by atoms with Gasteiger partial charge in [0, 0.05) is 25.9 Å². The molecule has 1 aliphatic heterocycles.